The van der Waals surface area contributed by atoms with Crippen molar-refractivity contribution in [2.75, 3.05) is 9.80 Å². The Bertz CT molecular complexity index is 5140. The summed E-state index contributed by atoms with van der Waals surface area (Å²) in [5, 5.41) is 9.67. The van der Waals surface area contributed by atoms with Crippen LogP contribution in [-0.4, -0.2) is 18.3 Å². The maximum atomic E-state index is 4.90. The molecule has 1 aliphatic rings. The quantitative estimate of drug-likeness (QED) is 0.166. The minimum atomic E-state index is 0.902. The number of hydrogen-bond donors (Lipinski definition) is 0. The fraction of sp³-hybridized carbons (Fsp3) is 0. The molecule has 0 N–H and O–H groups in total. The van der Waals surface area contributed by atoms with Crippen LogP contribution in [0, 0.1) is 0 Å². The summed E-state index contributed by atoms with van der Waals surface area (Å²) in [6.45, 7) is 4.90. The van der Waals surface area contributed by atoms with Gasteiger partial charge in [-0.05, 0) is 126 Å². The smallest absolute Gasteiger partial charge is 0.0803 e. The van der Waals surface area contributed by atoms with Crippen LogP contribution in [0.2, 0.25) is 0 Å². The summed E-state index contributed by atoms with van der Waals surface area (Å²) in [6.07, 6.45) is 0. The summed E-state index contributed by atoms with van der Waals surface area (Å²) in [5.41, 5.74) is 21.0. The zero-order valence-electron chi connectivity index (χ0n) is 43.4. The number of para-hydroxylation sites is 9. The van der Waals surface area contributed by atoms with Gasteiger partial charge in [0.2, 0.25) is 0 Å². The number of anilines is 5. The lowest BCUT2D eigenvalue weighted by molar-refractivity contribution is 1.14. The monoisotopic (exact) mass is 1020 g/mol. The van der Waals surface area contributed by atoms with Gasteiger partial charge >= 0.3 is 0 Å². The molecule has 0 amide bonds. The lowest BCUT2D eigenvalue weighted by atomic mass is 10.1. The Morgan fingerprint density at radius 2 is 0.562 bits per heavy atom. The van der Waals surface area contributed by atoms with Crippen LogP contribution >= 0.6 is 0 Å². The van der Waals surface area contributed by atoms with Gasteiger partial charge in [0.1, 0.15) is 0 Å². The van der Waals surface area contributed by atoms with Crippen molar-refractivity contribution < 1.29 is 0 Å². The molecule has 1 aliphatic heterocycles. The highest BCUT2D eigenvalue weighted by atomic mass is 15.2. The Morgan fingerprint density at radius 3 is 1.07 bits per heavy atom. The van der Waals surface area contributed by atoms with Crippen molar-refractivity contribution in [3.05, 3.63) is 291 Å². The molecule has 374 valence electrons. The maximum Gasteiger partial charge on any atom is 0.0803 e. The lowest BCUT2D eigenvalue weighted by Crippen LogP contribution is -2.15. The fourth-order valence-electron chi connectivity index (χ4n) is 13.4. The van der Waals surface area contributed by atoms with E-state index in [1.54, 1.807) is 0 Å². The summed E-state index contributed by atoms with van der Waals surface area (Å²) in [7, 11) is 0. The van der Waals surface area contributed by atoms with E-state index in [-0.39, 0.29) is 0 Å². The third-order valence-electron chi connectivity index (χ3n) is 16.7. The molecule has 0 fully saturated rings. The molecule has 0 saturated heterocycles. The average Bonchev–Trinajstić information content (AvgIpc) is 4.44. The lowest BCUT2D eigenvalue weighted by Gasteiger charge is -2.29. The predicted octanol–water partition coefficient (Wildman–Crippen LogP) is 19.7. The molecule has 0 atom stereocenters. The first-order chi connectivity index (χ1) is 39.6. The van der Waals surface area contributed by atoms with Crippen molar-refractivity contribution in [2.45, 2.75) is 0 Å². The zero-order valence-corrected chi connectivity index (χ0v) is 43.4. The third kappa shape index (κ3) is 6.35. The Labute approximate surface area is 461 Å². The first-order valence-electron chi connectivity index (χ1n) is 27.4. The number of rotatable bonds is 6. The normalized spacial score (nSPS) is 12.7. The van der Waals surface area contributed by atoms with E-state index in [0.29, 0.717) is 0 Å². The highest BCUT2D eigenvalue weighted by molar-refractivity contribution is 6.20. The van der Waals surface area contributed by atoms with Crippen molar-refractivity contribution in [3.8, 4) is 22.7 Å². The van der Waals surface area contributed by atoms with Crippen LogP contribution in [0.3, 0.4) is 0 Å². The molecule has 0 spiro atoms. The molecular formula is C74H48N6. The summed E-state index contributed by atoms with van der Waals surface area (Å²) in [5.74, 6) is 0. The van der Waals surface area contributed by atoms with Gasteiger partial charge in [-0.15, -0.1) is 0 Å². The number of nitrogens with zero attached hydrogens (tertiary/aromatic N) is 6. The van der Waals surface area contributed by atoms with Gasteiger partial charge in [0, 0.05) is 77.7 Å². The zero-order chi connectivity index (χ0) is 52.6. The molecule has 0 radical (unpaired) electrons. The van der Waals surface area contributed by atoms with E-state index in [9.17, 15) is 0 Å². The van der Waals surface area contributed by atoms with Crippen molar-refractivity contribution in [1.29, 1.82) is 0 Å². The molecule has 80 heavy (non-hydrogen) atoms. The van der Waals surface area contributed by atoms with Crippen LogP contribution in [0.5, 0.6) is 0 Å². The van der Waals surface area contributed by atoms with Gasteiger partial charge < -0.3 is 28.1 Å². The van der Waals surface area contributed by atoms with E-state index in [1.165, 1.54) is 70.8 Å². The van der Waals surface area contributed by atoms with Crippen LogP contribution in [0.15, 0.2) is 286 Å². The molecule has 0 aliphatic carbocycles. The van der Waals surface area contributed by atoms with Gasteiger partial charge in [0.25, 0.3) is 0 Å². The standard InChI is InChI=1S/C74H48N6/c1-48-57-24-2-9-31-64(57)78(72-39-17-16-38-71(72)75(48)51-20-18-21-52(46-51)76-65-32-10-3-25-58(65)59-26-4-11-33-66(59)76)55-42-40-49-41-43-56(45-50(49)44-55)80-70-37-15-8-30-63(70)73-74(80)62-29-7-14-36-69(62)79(73)54-23-19-22-53(47-54)77-67-34-12-5-27-60(67)61-28-6-13-35-68(61)77/h2-47H,1H2. The molecule has 6 heteroatoms. The SMILES string of the molecule is C=C1c2ccccc2N(c2ccc3ccc(-n4c5ccccc5c5c4c4ccccc4n5-c4cccc(-n5c6ccccc6c6ccccc65)c4)cc3c2)c2ccccc2N1c1cccc(-n2c3ccccc3c3ccccc32)c1. The van der Waals surface area contributed by atoms with Crippen LogP contribution in [0.4, 0.5) is 28.4 Å². The third-order valence-corrected chi connectivity index (χ3v) is 16.7. The van der Waals surface area contributed by atoms with E-state index in [0.717, 1.165) is 78.9 Å². The first-order valence-corrected chi connectivity index (χ1v) is 27.4. The summed E-state index contributed by atoms with van der Waals surface area (Å²) >= 11 is 0. The van der Waals surface area contributed by atoms with E-state index >= 15 is 0 Å². The largest absolute Gasteiger partial charge is 0.309 e. The van der Waals surface area contributed by atoms with Crippen LogP contribution < -0.4 is 9.80 Å². The van der Waals surface area contributed by atoms with E-state index in [2.05, 4.69) is 307 Å². The second-order valence-corrected chi connectivity index (χ2v) is 21.0. The second kappa shape index (κ2) is 17.1. The maximum absolute atomic E-state index is 4.90. The Kier molecular flexibility index (Phi) is 9.47. The van der Waals surface area contributed by atoms with Gasteiger partial charge in [0.15, 0.2) is 0 Å². The molecule has 6 nitrogen and oxygen atoms in total. The van der Waals surface area contributed by atoms with E-state index < -0.39 is 0 Å². The molecule has 16 aromatic rings. The van der Waals surface area contributed by atoms with Gasteiger partial charge in [0.05, 0.1) is 61.2 Å². The highest BCUT2D eigenvalue weighted by Gasteiger charge is 2.30. The molecule has 0 unspecified atom stereocenters. The Morgan fingerprint density at radius 1 is 0.225 bits per heavy atom. The van der Waals surface area contributed by atoms with Gasteiger partial charge in [-0.25, -0.2) is 0 Å². The predicted molar refractivity (Wildman–Crippen MR) is 336 cm³/mol. The summed E-state index contributed by atoms with van der Waals surface area (Å²) in [4.78, 5) is 4.76. The van der Waals surface area contributed by atoms with Crippen molar-refractivity contribution in [2.24, 2.45) is 0 Å². The van der Waals surface area contributed by atoms with Crippen LogP contribution in [-0.2, 0) is 0 Å². The Hall–Kier alpha value is -10.8. The first kappa shape index (κ1) is 44.3. The van der Waals surface area contributed by atoms with Crippen molar-refractivity contribution in [1.82, 2.24) is 18.3 Å². The molecular weight excluding hydrogens is 973 g/mol. The minimum absolute atomic E-state index is 0.902. The van der Waals surface area contributed by atoms with Crippen LogP contribution in [0.1, 0.15) is 5.56 Å². The molecule has 17 rings (SSSR count). The topological polar surface area (TPSA) is 26.2 Å². The van der Waals surface area contributed by atoms with Gasteiger partial charge in [-0.3, -0.25) is 0 Å². The molecule has 0 bridgehead atoms. The molecule has 0 saturated carbocycles. The van der Waals surface area contributed by atoms with Gasteiger partial charge in [-0.2, -0.15) is 0 Å². The summed E-state index contributed by atoms with van der Waals surface area (Å²) in [6, 6.07) is 102. The van der Waals surface area contributed by atoms with E-state index in [1.807, 2.05) is 0 Å². The van der Waals surface area contributed by atoms with Crippen molar-refractivity contribution >= 4 is 121 Å². The summed E-state index contributed by atoms with van der Waals surface area (Å²) < 4.78 is 9.76. The number of aromatic nitrogens is 4. The molecule has 5 heterocycles. The average molecular weight is 1020 g/mol. The Balaban J connectivity index is 0.820. The second-order valence-electron chi connectivity index (χ2n) is 21.0. The number of benzene rings is 12. The van der Waals surface area contributed by atoms with Crippen LogP contribution in [0.25, 0.3) is 116 Å². The van der Waals surface area contributed by atoms with Gasteiger partial charge in [-0.1, -0.05) is 170 Å². The number of fused-ring (bicyclic) bond motifs is 14. The molecule has 4 aromatic heterocycles. The minimum Gasteiger partial charge on any atom is -0.309 e. The van der Waals surface area contributed by atoms with Crippen molar-refractivity contribution in [3.63, 3.8) is 0 Å². The molecule has 12 aromatic carbocycles. The number of hydrogen-bond acceptors (Lipinski definition) is 2. The fourth-order valence-corrected chi connectivity index (χ4v) is 13.4. The highest BCUT2D eigenvalue weighted by Crippen LogP contribution is 2.52. The van der Waals surface area contributed by atoms with E-state index in [4.69, 9.17) is 6.58 Å².